The van der Waals surface area contributed by atoms with Crippen LogP contribution in [0.15, 0.2) is 54.6 Å². The first-order valence-electron chi connectivity index (χ1n) is 11.3. The lowest BCUT2D eigenvalue weighted by molar-refractivity contribution is -0.914. The molecule has 4 heteroatoms. The minimum absolute atomic E-state index is 0.109. The summed E-state index contributed by atoms with van der Waals surface area (Å²) in [6, 6.07) is 19.4. The Morgan fingerprint density at radius 2 is 1.72 bits per heavy atom. The van der Waals surface area contributed by atoms with E-state index in [9.17, 15) is 4.79 Å². The molecule has 152 valence electrons. The normalized spacial score (nSPS) is 26.6. The zero-order chi connectivity index (χ0) is 19.6. The summed E-state index contributed by atoms with van der Waals surface area (Å²) in [5.74, 6) is 1.69. The molecule has 3 atom stereocenters. The lowest BCUT2D eigenvalue weighted by Gasteiger charge is -2.33. The molecule has 3 aliphatic rings. The average Bonchev–Trinajstić information content (AvgIpc) is 3.39. The van der Waals surface area contributed by atoms with Crippen molar-refractivity contribution in [1.29, 1.82) is 0 Å². The molecule has 2 N–H and O–H groups in total. The minimum atomic E-state index is 0.109. The minimum Gasteiger partial charge on any atom is -0.360 e. The van der Waals surface area contributed by atoms with Crippen molar-refractivity contribution in [2.24, 2.45) is 11.8 Å². The van der Waals surface area contributed by atoms with Gasteiger partial charge in [-0.25, -0.2) is 0 Å². The second kappa shape index (κ2) is 8.19. The average molecular weight is 391 g/mol. The molecule has 1 aliphatic heterocycles. The van der Waals surface area contributed by atoms with Crippen LogP contribution in [0.4, 0.5) is 5.69 Å². The molecule has 2 bridgehead atoms. The number of benzene rings is 2. The van der Waals surface area contributed by atoms with Crippen LogP contribution >= 0.6 is 0 Å². The van der Waals surface area contributed by atoms with Gasteiger partial charge in [-0.15, -0.1) is 0 Å². The number of fused-ring (bicyclic) bond motifs is 2. The van der Waals surface area contributed by atoms with Crippen molar-refractivity contribution in [1.82, 2.24) is 5.32 Å². The number of hydrogen-bond donors (Lipinski definition) is 2. The van der Waals surface area contributed by atoms with E-state index in [-0.39, 0.29) is 5.91 Å². The largest absolute Gasteiger partial charge is 0.360 e. The van der Waals surface area contributed by atoms with Gasteiger partial charge in [-0.2, -0.15) is 0 Å². The van der Waals surface area contributed by atoms with Crippen molar-refractivity contribution in [2.45, 2.75) is 38.3 Å². The van der Waals surface area contributed by atoms with E-state index in [2.05, 4.69) is 52.7 Å². The molecule has 2 aromatic rings. The van der Waals surface area contributed by atoms with Crippen LogP contribution in [0.3, 0.4) is 0 Å². The van der Waals surface area contributed by atoms with Crippen LogP contribution in [0.5, 0.6) is 0 Å². The summed E-state index contributed by atoms with van der Waals surface area (Å²) < 4.78 is 0. The number of anilines is 1. The van der Waals surface area contributed by atoms with E-state index >= 15 is 0 Å². The highest BCUT2D eigenvalue weighted by Gasteiger charge is 2.40. The van der Waals surface area contributed by atoms with Gasteiger partial charge in [0.05, 0.1) is 26.2 Å². The molecule has 0 radical (unpaired) electrons. The third-order valence-corrected chi connectivity index (χ3v) is 7.32. The zero-order valence-electron chi connectivity index (χ0n) is 17.1. The SMILES string of the molecule is O=C(N[C@H]1C[C@@H]2CC[C@@H]1C2)c1ccc(C[NH+]2CCN(c3ccccc3)CC2)cc1. The summed E-state index contributed by atoms with van der Waals surface area (Å²) in [4.78, 5) is 16.7. The zero-order valence-corrected chi connectivity index (χ0v) is 17.1. The van der Waals surface area contributed by atoms with E-state index in [0.717, 1.165) is 50.1 Å². The monoisotopic (exact) mass is 390 g/mol. The molecule has 2 saturated carbocycles. The van der Waals surface area contributed by atoms with Crippen LogP contribution in [0.25, 0.3) is 0 Å². The number of carbonyl (C=O) groups is 1. The van der Waals surface area contributed by atoms with Crippen LogP contribution in [0, 0.1) is 11.8 Å². The molecule has 2 aliphatic carbocycles. The molecule has 0 spiro atoms. The van der Waals surface area contributed by atoms with E-state index < -0.39 is 0 Å². The van der Waals surface area contributed by atoms with Crippen LogP contribution in [0.2, 0.25) is 0 Å². The fourth-order valence-corrected chi connectivity index (χ4v) is 5.63. The number of para-hydroxylation sites is 1. The number of hydrogen-bond acceptors (Lipinski definition) is 2. The summed E-state index contributed by atoms with van der Waals surface area (Å²) in [5, 5.41) is 3.30. The molecule has 29 heavy (non-hydrogen) atoms. The van der Waals surface area contributed by atoms with Crippen molar-refractivity contribution >= 4 is 11.6 Å². The highest BCUT2D eigenvalue weighted by molar-refractivity contribution is 5.94. The Kier molecular flexibility index (Phi) is 5.28. The fourth-order valence-electron chi connectivity index (χ4n) is 5.63. The molecule has 3 fully saturated rings. The Labute approximate surface area is 173 Å². The fraction of sp³-hybridized carbons (Fsp3) is 0.480. The van der Waals surface area contributed by atoms with Crippen LogP contribution in [0.1, 0.15) is 41.6 Å². The van der Waals surface area contributed by atoms with Gasteiger partial charge in [-0.3, -0.25) is 4.79 Å². The number of carbonyl (C=O) groups excluding carboxylic acids is 1. The van der Waals surface area contributed by atoms with Gasteiger partial charge in [-0.1, -0.05) is 36.8 Å². The Morgan fingerprint density at radius 3 is 2.38 bits per heavy atom. The molecule has 0 unspecified atom stereocenters. The molecular formula is C25H32N3O+. The highest BCUT2D eigenvalue weighted by Crippen LogP contribution is 2.44. The summed E-state index contributed by atoms with van der Waals surface area (Å²) in [7, 11) is 0. The van der Waals surface area contributed by atoms with Crippen molar-refractivity contribution in [3.8, 4) is 0 Å². The standard InChI is InChI=1S/C25H31N3O/c29-25(26-24-17-20-8-11-22(24)16-20)21-9-6-19(7-10-21)18-27-12-14-28(15-13-27)23-4-2-1-3-5-23/h1-7,9-10,20,22,24H,8,11-18H2,(H,26,29)/p+1/t20-,22-,24+/m1/s1. The summed E-state index contributed by atoms with van der Waals surface area (Å²) >= 11 is 0. The number of piperazine rings is 1. The van der Waals surface area contributed by atoms with E-state index in [0.29, 0.717) is 6.04 Å². The molecule has 1 heterocycles. The Hall–Kier alpha value is -2.33. The van der Waals surface area contributed by atoms with Crippen molar-refractivity contribution in [3.63, 3.8) is 0 Å². The quantitative estimate of drug-likeness (QED) is 0.823. The first-order chi connectivity index (χ1) is 14.2. The molecule has 1 saturated heterocycles. The summed E-state index contributed by atoms with van der Waals surface area (Å²) in [6.45, 7) is 5.55. The Bertz CT molecular complexity index is 827. The molecule has 0 aromatic heterocycles. The van der Waals surface area contributed by atoms with E-state index in [1.54, 1.807) is 4.90 Å². The second-order valence-electron chi connectivity index (χ2n) is 9.20. The maximum Gasteiger partial charge on any atom is 0.251 e. The van der Waals surface area contributed by atoms with Gasteiger partial charge in [0.25, 0.3) is 5.91 Å². The summed E-state index contributed by atoms with van der Waals surface area (Å²) in [6.07, 6.45) is 5.18. The topological polar surface area (TPSA) is 36.8 Å². The number of quaternary nitrogens is 1. The van der Waals surface area contributed by atoms with E-state index in [1.807, 2.05) is 12.1 Å². The van der Waals surface area contributed by atoms with Gasteiger partial charge in [0.15, 0.2) is 0 Å². The van der Waals surface area contributed by atoms with Crippen LogP contribution in [-0.4, -0.2) is 38.1 Å². The van der Waals surface area contributed by atoms with Gasteiger partial charge in [0.1, 0.15) is 6.54 Å². The number of amides is 1. The van der Waals surface area contributed by atoms with Gasteiger partial charge in [-0.05, 0) is 55.4 Å². The van der Waals surface area contributed by atoms with Crippen LogP contribution in [-0.2, 0) is 6.54 Å². The third kappa shape index (κ3) is 4.18. The lowest BCUT2D eigenvalue weighted by Crippen LogP contribution is -3.13. The van der Waals surface area contributed by atoms with E-state index in [1.165, 1.54) is 36.9 Å². The maximum absolute atomic E-state index is 12.6. The van der Waals surface area contributed by atoms with Crippen LogP contribution < -0.4 is 15.1 Å². The molecular weight excluding hydrogens is 358 g/mol. The lowest BCUT2D eigenvalue weighted by atomic mass is 9.95. The maximum atomic E-state index is 12.6. The molecule has 1 amide bonds. The third-order valence-electron chi connectivity index (χ3n) is 7.32. The second-order valence-corrected chi connectivity index (χ2v) is 9.20. The summed E-state index contributed by atoms with van der Waals surface area (Å²) in [5.41, 5.74) is 3.46. The molecule has 4 nitrogen and oxygen atoms in total. The van der Waals surface area contributed by atoms with Crippen molar-refractivity contribution in [3.05, 3.63) is 65.7 Å². The molecule has 5 rings (SSSR count). The predicted molar refractivity (Wildman–Crippen MR) is 116 cm³/mol. The van der Waals surface area contributed by atoms with Gasteiger partial charge in [0.2, 0.25) is 0 Å². The van der Waals surface area contributed by atoms with Crippen molar-refractivity contribution < 1.29 is 9.69 Å². The number of nitrogens with one attached hydrogen (secondary N) is 2. The number of nitrogens with zero attached hydrogens (tertiary/aromatic N) is 1. The first-order valence-corrected chi connectivity index (χ1v) is 11.3. The number of rotatable bonds is 5. The van der Waals surface area contributed by atoms with Gasteiger partial charge in [0, 0.05) is 22.9 Å². The Morgan fingerprint density at radius 1 is 0.966 bits per heavy atom. The predicted octanol–water partition coefficient (Wildman–Crippen LogP) is 2.51. The van der Waals surface area contributed by atoms with E-state index in [4.69, 9.17) is 0 Å². The van der Waals surface area contributed by atoms with Gasteiger partial charge >= 0.3 is 0 Å². The smallest absolute Gasteiger partial charge is 0.251 e. The van der Waals surface area contributed by atoms with Gasteiger partial charge < -0.3 is 15.1 Å². The first kappa shape index (κ1) is 18.7. The van der Waals surface area contributed by atoms with Crippen molar-refractivity contribution in [2.75, 3.05) is 31.1 Å². The highest BCUT2D eigenvalue weighted by atomic mass is 16.1. The Balaban J connectivity index is 1.12. The molecule has 2 aromatic carbocycles.